The van der Waals surface area contributed by atoms with E-state index < -0.39 is 0 Å². The van der Waals surface area contributed by atoms with Gasteiger partial charge >= 0.3 is 0 Å². The fourth-order valence-corrected chi connectivity index (χ4v) is 15.4. The zero-order valence-electron chi connectivity index (χ0n) is 80.5. The molecule has 8 bridgehead atoms. The van der Waals surface area contributed by atoms with Crippen molar-refractivity contribution < 1.29 is 152 Å². The second-order valence-electron chi connectivity index (χ2n) is 32.1. The van der Waals surface area contributed by atoms with Gasteiger partial charge in [0.15, 0.2) is 115 Å². The number of aromatic amines is 2. The van der Waals surface area contributed by atoms with Crippen LogP contribution in [0.4, 0.5) is 0 Å². The van der Waals surface area contributed by atoms with E-state index in [0.717, 1.165) is 0 Å². The van der Waals surface area contributed by atoms with Gasteiger partial charge in [-0.05, 0) is 97.1 Å². The lowest BCUT2D eigenvalue weighted by Crippen LogP contribution is -2.15. The van der Waals surface area contributed by atoms with Gasteiger partial charge in [-0.3, -0.25) is 0 Å². The van der Waals surface area contributed by atoms with Crippen LogP contribution in [-0.2, 0) is 75.8 Å². The van der Waals surface area contributed by atoms with E-state index in [2.05, 4.69) is 9.97 Å². The van der Waals surface area contributed by atoms with Gasteiger partial charge in [-0.25, -0.2) is 29.9 Å². The summed E-state index contributed by atoms with van der Waals surface area (Å²) in [4.78, 5) is 40.3. The number of nitrogens with one attached hydrogen (secondary N) is 2. The van der Waals surface area contributed by atoms with Gasteiger partial charge < -0.3 is 162 Å². The highest BCUT2D eigenvalue weighted by Crippen LogP contribution is 2.47. The molecule has 9 heterocycles. The van der Waals surface area contributed by atoms with Crippen LogP contribution in [0.3, 0.4) is 0 Å². The molecule has 6 aliphatic rings. The Labute approximate surface area is 831 Å². The number of rotatable bonds is 0. The summed E-state index contributed by atoms with van der Waals surface area (Å²) in [6.07, 6.45) is 0. The van der Waals surface area contributed by atoms with Crippen LogP contribution >= 0.6 is 0 Å². The van der Waals surface area contributed by atoms with Gasteiger partial charge in [0.05, 0.1) is 211 Å². The molecule has 0 spiro atoms. The maximum Gasteiger partial charge on any atom is 0.164 e. The van der Waals surface area contributed by atoms with Gasteiger partial charge in [0.1, 0.15) is 128 Å². The first kappa shape index (κ1) is 103. The Balaban J connectivity index is 0.772. The van der Waals surface area contributed by atoms with E-state index in [4.69, 9.17) is 181 Å². The molecule has 0 atom stereocenters. The molecule has 0 saturated heterocycles. The van der Waals surface area contributed by atoms with Crippen molar-refractivity contribution in [2.75, 3.05) is 317 Å². The molecule has 0 aliphatic carbocycles. The van der Waals surface area contributed by atoms with Crippen LogP contribution in [0.25, 0.3) is 89.7 Å². The van der Waals surface area contributed by atoms with E-state index in [-0.39, 0.29) is 257 Å². The summed E-state index contributed by atoms with van der Waals surface area (Å²) in [6, 6.07) is 44.6. The Morgan fingerprint density at radius 1 is 0.132 bits per heavy atom. The monoisotopic (exact) mass is 1990 g/mol. The number of ether oxygens (including phenoxy) is 32. The summed E-state index contributed by atoms with van der Waals surface area (Å²) < 4.78 is 199. The molecule has 0 unspecified atom stereocenters. The first-order valence-corrected chi connectivity index (χ1v) is 48.7. The summed E-state index contributed by atoms with van der Waals surface area (Å²) >= 11 is 0. The molecule has 770 valence electrons. The van der Waals surface area contributed by atoms with Crippen LogP contribution in [0.1, 0.15) is 0 Å². The lowest BCUT2D eigenvalue weighted by Gasteiger charge is -2.15. The predicted molar refractivity (Wildman–Crippen MR) is 523 cm³/mol. The fourth-order valence-electron chi connectivity index (χ4n) is 15.4. The number of hydrogen-bond donors (Lipinski definition) is 2. The lowest BCUT2D eigenvalue weighted by molar-refractivity contribution is 0.0223. The molecule has 0 saturated carbocycles. The van der Waals surface area contributed by atoms with E-state index in [1.165, 1.54) is 0 Å². The standard InChI is InChI=1S/C104H122N8O32/c1-2-10-82-81(9-1)129-49-33-113-17-25-121-41-57-137-89-65-73-74(66-90(89)138-58-42-122-26-18-114-34-50-130-82)98-105-97(73)109-99-75-67-91-92(140-60-44-124-28-20-116-36-52-132-84-12-4-3-11-83(84)131-51-35-115-19-27-123-43-59-139-91)68-76(75)101(106-99)111-103-79-71-95-96(144-64-48-128-32-24-120-40-56-136-88-16-8-7-15-87(88)135-55-39-119-23-31-127-47-63-143-95)72-80(79)104(108-103)112-102-78-70-94-93(69-77(78)100(107-102)110-98)141-61-45-125-29-21-117-37-53-133-85-13-5-6-14-86(85)134-54-38-118-22-30-126-46-62-142-94/h1-16,65-72H,17-64H2,(H2,105,106,107,108,109,110,111,112). The average molecular weight is 2000 g/mol. The maximum absolute atomic E-state index is 6.73. The molecule has 11 aromatic rings. The largest absolute Gasteiger partial charge is 0.487 e. The highest BCUT2D eigenvalue weighted by atomic mass is 16.6. The summed E-state index contributed by atoms with van der Waals surface area (Å²) in [5.41, 5.74) is 3.14. The molecule has 3 aromatic heterocycles. The predicted octanol–water partition coefficient (Wildman–Crippen LogP) is 12.1. The number of hydrogen-bond acceptors (Lipinski definition) is 38. The minimum absolute atomic E-state index is 0.0862. The number of aromatic nitrogens is 8. The van der Waals surface area contributed by atoms with Gasteiger partial charge in [0.25, 0.3) is 0 Å². The second-order valence-corrected chi connectivity index (χ2v) is 32.1. The molecule has 40 nitrogen and oxygen atoms in total. The van der Waals surface area contributed by atoms with E-state index in [1.54, 1.807) is 0 Å². The topological polar surface area (TPSA) is 404 Å². The Morgan fingerprint density at radius 2 is 0.250 bits per heavy atom. The van der Waals surface area contributed by atoms with Crippen molar-refractivity contribution in [3.05, 3.63) is 146 Å². The Hall–Kier alpha value is -12.7. The maximum atomic E-state index is 6.73. The van der Waals surface area contributed by atoms with Crippen molar-refractivity contribution in [3.63, 3.8) is 0 Å². The molecule has 0 fully saturated rings. The summed E-state index contributed by atoms with van der Waals surface area (Å²) in [7, 11) is 0. The van der Waals surface area contributed by atoms with E-state index >= 15 is 0 Å². The molecule has 17 rings (SSSR count). The number of para-hydroxylation sites is 8. The number of H-pyrrole nitrogens is 2. The molecule has 40 heteroatoms. The Kier molecular flexibility index (Phi) is 40.7. The lowest BCUT2D eigenvalue weighted by atomic mass is 10.1. The van der Waals surface area contributed by atoms with E-state index in [1.807, 2.05) is 146 Å². The highest BCUT2D eigenvalue weighted by molar-refractivity contribution is 6.08. The van der Waals surface area contributed by atoms with Gasteiger partial charge in [-0.15, -0.1) is 0 Å². The first-order chi connectivity index (χ1) is 71.5. The molecular formula is C104H122N8O32. The van der Waals surface area contributed by atoms with Crippen LogP contribution in [0.15, 0.2) is 146 Å². The third kappa shape index (κ3) is 30.7. The van der Waals surface area contributed by atoms with E-state index in [9.17, 15) is 0 Å². The molecule has 144 heavy (non-hydrogen) atoms. The SMILES string of the molecule is c1ccc2c(c1)OCCOCCOCCOc1cc3c(cc1OCCOCCOCCO2)-c1nc-3nc2[nH]c(nc3nc(nc4[nH]c(n1)c1cc5c(cc41)OCCOCCOCCOc1ccccc1OCCOCCOCCO5)-c1cc4c(cc1-3)OCCOCCOCCOc1ccccc1OCCOCCOCCO4)c1cc3c(cc21)OCCOCCOCCOc1ccccc1OCCOCCOCCO3. The van der Waals surface area contributed by atoms with Crippen LogP contribution in [0.5, 0.6) is 92.0 Å². The van der Waals surface area contributed by atoms with Crippen LogP contribution < -0.4 is 75.8 Å². The molecular weight excluding hydrogens is 1870 g/mol. The van der Waals surface area contributed by atoms with Crippen LogP contribution in [0, 0.1) is 0 Å². The Morgan fingerprint density at radius 3 is 0.389 bits per heavy atom. The minimum atomic E-state index is 0.0862. The molecule has 2 N–H and O–H groups in total. The number of benzene rings is 8. The minimum Gasteiger partial charge on any atom is -0.487 e. The summed E-state index contributed by atoms with van der Waals surface area (Å²) in [6.45, 7) is 11.2. The average Bonchev–Trinajstić information content (AvgIpc) is 1.58. The summed E-state index contributed by atoms with van der Waals surface area (Å²) in [5.74, 6) is 8.26. The van der Waals surface area contributed by atoms with Crippen molar-refractivity contribution in [2.45, 2.75) is 0 Å². The van der Waals surface area contributed by atoms with Crippen LogP contribution in [-0.4, -0.2) is 357 Å². The third-order valence-electron chi connectivity index (χ3n) is 22.2. The normalized spacial score (nSPS) is 18.2. The van der Waals surface area contributed by atoms with Crippen molar-refractivity contribution >= 4 is 44.1 Å². The molecule has 8 aromatic carbocycles. The quantitative estimate of drug-likeness (QED) is 0.142. The van der Waals surface area contributed by atoms with Crippen molar-refractivity contribution in [1.82, 2.24) is 39.9 Å². The second kappa shape index (κ2) is 57.1. The molecule has 0 radical (unpaired) electrons. The highest BCUT2D eigenvalue weighted by Gasteiger charge is 2.30. The van der Waals surface area contributed by atoms with Gasteiger partial charge in [0.2, 0.25) is 0 Å². The zero-order chi connectivity index (χ0) is 97.7. The van der Waals surface area contributed by atoms with Crippen molar-refractivity contribution in [2.24, 2.45) is 0 Å². The van der Waals surface area contributed by atoms with E-state index in [0.29, 0.717) is 242 Å². The first-order valence-electron chi connectivity index (χ1n) is 48.7. The zero-order valence-corrected chi connectivity index (χ0v) is 80.5. The number of nitrogens with zero attached hydrogens (tertiary/aromatic N) is 6. The van der Waals surface area contributed by atoms with Crippen molar-refractivity contribution in [3.8, 4) is 138 Å². The molecule has 0 amide bonds. The van der Waals surface area contributed by atoms with Gasteiger partial charge in [-0.1, -0.05) is 48.5 Å². The number of fused-ring (bicyclic) bond motifs is 28. The fraction of sp³-hybridized carbons (Fsp3) is 0.462. The summed E-state index contributed by atoms with van der Waals surface area (Å²) in [5, 5.41) is 2.10. The Bertz CT molecular complexity index is 5300. The van der Waals surface area contributed by atoms with Crippen molar-refractivity contribution in [1.29, 1.82) is 0 Å². The van der Waals surface area contributed by atoms with Gasteiger partial charge in [0, 0.05) is 43.8 Å². The molecule has 6 aliphatic heterocycles. The smallest absolute Gasteiger partial charge is 0.164 e. The third-order valence-corrected chi connectivity index (χ3v) is 22.2. The van der Waals surface area contributed by atoms with Crippen LogP contribution in [0.2, 0.25) is 0 Å². The van der Waals surface area contributed by atoms with Gasteiger partial charge in [-0.2, -0.15) is 0 Å².